The average Bonchev–Trinajstić information content (AvgIpc) is 3.06. The van der Waals surface area contributed by atoms with Crippen molar-refractivity contribution < 1.29 is 0 Å². The quantitative estimate of drug-likeness (QED) is 0.0551. The fourth-order valence-corrected chi connectivity index (χ4v) is 4.66. The van der Waals surface area contributed by atoms with Gasteiger partial charge in [-0.1, -0.05) is 198 Å². The minimum absolute atomic E-state index is 1.08. The molecule has 0 aromatic rings. The van der Waals surface area contributed by atoms with Crippen LogP contribution in [0.4, 0.5) is 0 Å². The van der Waals surface area contributed by atoms with Crippen molar-refractivity contribution in [2.24, 2.45) is 0 Å². The third-order valence-electron chi connectivity index (χ3n) is 7.67. The summed E-state index contributed by atoms with van der Waals surface area (Å²) >= 11 is 0. The topological polar surface area (TPSA) is 0 Å². The molecule has 0 rings (SSSR count). The molecule has 264 valence electrons. The number of unbranched alkanes of at least 4 members (excludes halogenated alkanes) is 18. The van der Waals surface area contributed by atoms with Gasteiger partial charge in [0, 0.05) is 0 Å². The normalized spacial score (nSPS) is 11.9. The van der Waals surface area contributed by atoms with Crippen LogP contribution in [0.2, 0.25) is 0 Å². The molecule has 0 radical (unpaired) electrons. The minimum Gasteiger partial charge on any atom is -0.0885 e. The standard InChI is InChI=1S/C15H30.C15H28.C15H26/c3*1-3-5-7-9-11-13-15-14-12-10-8-6-4-2/h13,15H,3-12,14H2,1-2H3;11-14H,3-10,15H2,1-2H3;5,7,11-14H,3-4,6,8-10,15H2,1-2H3/b15-13+;13-11+,14-12+;7-5+,13-11+,14-12+. The molecule has 0 heterocycles. The fourth-order valence-electron chi connectivity index (χ4n) is 4.66. The highest BCUT2D eigenvalue weighted by Gasteiger charge is 1.87. The van der Waals surface area contributed by atoms with Crippen molar-refractivity contribution in [3.63, 3.8) is 0 Å². The maximum Gasteiger partial charge on any atom is -0.0169 e. The Bertz CT molecular complexity index is 623. The smallest absolute Gasteiger partial charge is 0.0169 e. The van der Waals surface area contributed by atoms with E-state index in [0.717, 1.165) is 25.7 Å². The van der Waals surface area contributed by atoms with E-state index in [0.29, 0.717) is 0 Å². The second kappa shape index (κ2) is 52.0. The first-order valence-electron chi connectivity index (χ1n) is 20.1. The number of hydrogen-bond donors (Lipinski definition) is 0. The van der Waals surface area contributed by atoms with Crippen LogP contribution < -0.4 is 0 Å². The van der Waals surface area contributed by atoms with Gasteiger partial charge in [-0.3, -0.25) is 0 Å². The summed E-state index contributed by atoms with van der Waals surface area (Å²) in [5.74, 6) is 0. The van der Waals surface area contributed by atoms with Gasteiger partial charge in [0.2, 0.25) is 0 Å². The summed E-state index contributed by atoms with van der Waals surface area (Å²) in [4.78, 5) is 0. The van der Waals surface area contributed by atoms with Crippen molar-refractivity contribution in [1.29, 1.82) is 0 Å². The third kappa shape index (κ3) is 58.5. The van der Waals surface area contributed by atoms with E-state index in [-0.39, 0.29) is 0 Å². The monoisotopic (exact) mass is 625 g/mol. The molecule has 0 saturated carbocycles. The van der Waals surface area contributed by atoms with Gasteiger partial charge in [-0.25, -0.2) is 0 Å². The first-order valence-corrected chi connectivity index (χ1v) is 20.1. The van der Waals surface area contributed by atoms with Crippen molar-refractivity contribution in [3.05, 3.63) is 72.9 Å². The summed E-state index contributed by atoms with van der Waals surface area (Å²) in [6, 6.07) is 0. The lowest BCUT2D eigenvalue weighted by atomic mass is 10.1. The molecule has 45 heavy (non-hydrogen) atoms. The van der Waals surface area contributed by atoms with Gasteiger partial charge in [0.05, 0.1) is 0 Å². The Balaban J connectivity index is -0.000000588. The zero-order valence-corrected chi connectivity index (χ0v) is 32.0. The molecule has 0 spiro atoms. The van der Waals surface area contributed by atoms with Crippen molar-refractivity contribution >= 4 is 0 Å². The van der Waals surface area contributed by atoms with Gasteiger partial charge in [-0.15, -0.1) is 0 Å². The Morgan fingerprint density at radius 1 is 0.222 bits per heavy atom. The van der Waals surface area contributed by atoms with Crippen LogP contribution >= 0.6 is 0 Å². The Morgan fingerprint density at radius 3 is 0.778 bits per heavy atom. The van der Waals surface area contributed by atoms with Gasteiger partial charge >= 0.3 is 0 Å². The van der Waals surface area contributed by atoms with Crippen molar-refractivity contribution in [3.8, 4) is 0 Å². The zero-order valence-electron chi connectivity index (χ0n) is 32.0. The van der Waals surface area contributed by atoms with E-state index < -0.39 is 0 Å². The first-order chi connectivity index (χ1) is 22.2. The van der Waals surface area contributed by atoms with Crippen LogP contribution in [0, 0.1) is 0 Å². The van der Waals surface area contributed by atoms with Crippen molar-refractivity contribution in [2.45, 2.75) is 215 Å². The van der Waals surface area contributed by atoms with E-state index in [2.05, 4.69) is 114 Å². The Labute approximate surface area is 287 Å². The predicted octanol–water partition coefficient (Wildman–Crippen LogP) is 16.9. The van der Waals surface area contributed by atoms with E-state index in [1.54, 1.807) is 0 Å². The summed E-state index contributed by atoms with van der Waals surface area (Å²) in [7, 11) is 0. The van der Waals surface area contributed by atoms with Crippen LogP contribution in [-0.2, 0) is 0 Å². The molecule has 0 nitrogen and oxygen atoms in total. The maximum absolute atomic E-state index is 2.39. The lowest BCUT2D eigenvalue weighted by molar-refractivity contribution is 0.636. The van der Waals surface area contributed by atoms with E-state index in [1.165, 1.54) is 148 Å². The maximum atomic E-state index is 2.39. The Hall–Kier alpha value is -1.56. The first kappa shape index (κ1) is 47.8. The van der Waals surface area contributed by atoms with E-state index in [9.17, 15) is 0 Å². The van der Waals surface area contributed by atoms with Gasteiger partial charge < -0.3 is 0 Å². The van der Waals surface area contributed by atoms with Crippen LogP contribution in [0.1, 0.15) is 215 Å². The zero-order chi connectivity index (χ0) is 33.6. The molecule has 0 unspecified atom stereocenters. The third-order valence-corrected chi connectivity index (χ3v) is 7.67. The Morgan fingerprint density at radius 2 is 0.444 bits per heavy atom. The van der Waals surface area contributed by atoms with Crippen LogP contribution in [0.5, 0.6) is 0 Å². The number of hydrogen-bond acceptors (Lipinski definition) is 0. The van der Waals surface area contributed by atoms with E-state index >= 15 is 0 Å². The molecular formula is C45H84. The average molecular weight is 625 g/mol. The fraction of sp³-hybridized carbons (Fsp3) is 0.733. The van der Waals surface area contributed by atoms with Crippen LogP contribution in [0.15, 0.2) is 72.9 Å². The molecule has 0 heteroatoms. The molecule has 0 aromatic carbocycles. The molecule has 0 N–H and O–H groups in total. The molecule has 0 aliphatic rings. The number of allylic oxidation sites excluding steroid dienone is 12. The van der Waals surface area contributed by atoms with Crippen molar-refractivity contribution in [1.82, 2.24) is 0 Å². The molecular weight excluding hydrogens is 540 g/mol. The summed E-state index contributed by atoms with van der Waals surface area (Å²) in [6.07, 6.45) is 63.0. The van der Waals surface area contributed by atoms with Gasteiger partial charge in [-0.2, -0.15) is 0 Å². The summed E-state index contributed by atoms with van der Waals surface area (Å²) < 4.78 is 0. The molecule has 0 aromatic heterocycles. The summed E-state index contributed by atoms with van der Waals surface area (Å²) in [6.45, 7) is 13.5. The second-order valence-electron chi connectivity index (χ2n) is 12.5. The lowest BCUT2D eigenvalue weighted by Crippen LogP contribution is -1.76. The lowest BCUT2D eigenvalue weighted by Gasteiger charge is -1.96. The van der Waals surface area contributed by atoms with E-state index in [4.69, 9.17) is 0 Å². The van der Waals surface area contributed by atoms with Gasteiger partial charge in [0.25, 0.3) is 0 Å². The molecule has 0 saturated heterocycles. The van der Waals surface area contributed by atoms with E-state index in [1.807, 2.05) is 0 Å². The highest BCUT2D eigenvalue weighted by molar-refractivity contribution is 4.97. The van der Waals surface area contributed by atoms with Gasteiger partial charge in [0.15, 0.2) is 0 Å². The van der Waals surface area contributed by atoms with Crippen LogP contribution in [0.3, 0.4) is 0 Å². The van der Waals surface area contributed by atoms with Gasteiger partial charge in [0.1, 0.15) is 0 Å². The molecule has 0 atom stereocenters. The summed E-state index contributed by atoms with van der Waals surface area (Å²) in [5.41, 5.74) is 0. The van der Waals surface area contributed by atoms with Crippen molar-refractivity contribution in [2.75, 3.05) is 0 Å². The Kier molecular flexibility index (Phi) is 55.3. The van der Waals surface area contributed by atoms with Crippen LogP contribution in [-0.4, -0.2) is 0 Å². The molecule has 0 aliphatic carbocycles. The molecule has 0 fully saturated rings. The highest BCUT2D eigenvalue weighted by atomic mass is 13.9. The van der Waals surface area contributed by atoms with Crippen LogP contribution in [0.25, 0.3) is 0 Å². The highest BCUT2D eigenvalue weighted by Crippen LogP contribution is 2.07. The minimum atomic E-state index is 1.08. The second-order valence-corrected chi connectivity index (χ2v) is 12.5. The largest absolute Gasteiger partial charge is 0.0885 e. The van der Waals surface area contributed by atoms with Gasteiger partial charge in [-0.05, 0) is 89.9 Å². The molecule has 0 amide bonds. The SMILES string of the molecule is CC/C=C/C/C=C/C/C=C/CCCCC.CCCCC/C=C/C/C=C/CCCCC.CCCCCC/C=C/CCCCCCC. The number of rotatable bonds is 30. The predicted molar refractivity (Wildman–Crippen MR) is 214 cm³/mol. The molecule has 0 bridgehead atoms. The molecule has 0 aliphatic heterocycles. The summed E-state index contributed by atoms with van der Waals surface area (Å²) in [5, 5.41) is 0.